The van der Waals surface area contributed by atoms with Gasteiger partial charge in [-0.3, -0.25) is 0 Å². The van der Waals surface area contributed by atoms with Gasteiger partial charge in [0.1, 0.15) is 8.07 Å². The first-order chi connectivity index (χ1) is 21.8. The Morgan fingerprint density at radius 2 is 1.20 bits per heavy atom. The average Bonchev–Trinajstić information content (AvgIpc) is 3.36. The molecule has 5 aromatic carbocycles. The quantitative estimate of drug-likeness (QED) is 0.170. The van der Waals surface area contributed by atoms with E-state index < -0.39 is 8.07 Å². The average molecular weight is 601 g/mol. The fourth-order valence-corrected chi connectivity index (χ4v) is 14.3. The minimum Gasteiger partial charge on any atom is -0.0778 e. The van der Waals surface area contributed by atoms with Crippen molar-refractivity contribution in [1.82, 2.24) is 0 Å². The molecular formula is C44H44Si. The minimum absolute atomic E-state index is 0.0514. The molecule has 0 unspecified atom stereocenters. The van der Waals surface area contributed by atoms with Crippen molar-refractivity contribution < 1.29 is 0 Å². The Labute approximate surface area is 271 Å². The van der Waals surface area contributed by atoms with E-state index in [9.17, 15) is 0 Å². The first kappa shape index (κ1) is 29.5. The Kier molecular flexibility index (Phi) is 7.62. The van der Waals surface area contributed by atoms with Crippen molar-refractivity contribution in [1.29, 1.82) is 0 Å². The van der Waals surface area contributed by atoms with Gasteiger partial charge in [-0.15, -0.1) is 0 Å². The summed E-state index contributed by atoms with van der Waals surface area (Å²) in [6.07, 6.45) is 7.50. The highest BCUT2D eigenvalue weighted by molar-refractivity contribution is 7.04. The van der Waals surface area contributed by atoms with Crippen LogP contribution in [-0.2, 0) is 5.41 Å². The Bertz CT molecular complexity index is 1800. The normalized spacial score (nSPS) is 19.6. The Morgan fingerprint density at radius 3 is 1.76 bits per heavy atom. The number of fused-ring (bicyclic) bond motifs is 2. The summed E-state index contributed by atoms with van der Waals surface area (Å²) in [6.45, 7) is 9.73. The Hall–Kier alpha value is -4.20. The molecule has 2 aliphatic carbocycles. The predicted octanol–water partition coefficient (Wildman–Crippen LogP) is 10.2. The molecule has 0 saturated carbocycles. The lowest BCUT2D eigenvalue weighted by atomic mass is 9.67. The van der Waals surface area contributed by atoms with Crippen LogP contribution in [0.5, 0.6) is 0 Å². The number of benzene rings is 5. The summed E-state index contributed by atoms with van der Waals surface area (Å²) in [5.41, 5.74) is 9.76. The maximum atomic E-state index is 2.68. The molecule has 0 saturated heterocycles. The lowest BCUT2D eigenvalue weighted by Gasteiger charge is -2.48. The summed E-state index contributed by atoms with van der Waals surface area (Å²) in [4.78, 5) is 0. The van der Waals surface area contributed by atoms with E-state index in [1.165, 1.54) is 45.0 Å². The molecule has 1 spiro atoms. The van der Waals surface area contributed by atoms with Crippen LogP contribution in [0.25, 0.3) is 11.1 Å². The summed E-state index contributed by atoms with van der Waals surface area (Å²) in [5.74, 6) is 0.431. The van der Waals surface area contributed by atoms with Crippen LogP contribution in [0.3, 0.4) is 0 Å². The zero-order chi connectivity index (χ0) is 31.1. The van der Waals surface area contributed by atoms with Crippen molar-refractivity contribution in [3.8, 4) is 0 Å². The molecule has 0 heterocycles. The van der Waals surface area contributed by atoms with Crippen molar-refractivity contribution in [2.45, 2.75) is 57.0 Å². The van der Waals surface area contributed by atoms with Gasteiger partial charge in [-0.2, -0.15) is 0 Å². The van der Waals surface area contributed by atoms with Crippen molar-refractivity contribution in [3.05, 3.63) is 179 Å². The van der Waals surface area contributed by atoms with Crippen molar-refractivity contribution >= 4 is 29.6 Å². The predicted molar refractivity (Wildman–Crippen MR) is 196 cm³/mol. The summed E-state index contributed by atoms with van der Waals surface area (Å²) < 4.78 is 0. The fraction of sp³-hybridized carbons (Fsp3) is 0.227. The van der Waals surface area contributed by atoms with E-state index in [0.717, 1.165) is 12.8 Å². The largest absolute Gasteiger partial charge is 0.123 e. The van der Waals surface area contributed by atoms with Gasteiger partial charge in [0.05, 0.1) is 0 Å². The molecule has 2 atom stereocenters. The first-order valence-electron chi connectivity index (χ1n) is 16.6. The molecule has 224 valence electrons. The van der Waals surface area contributed by atoms with Gasteiger partial charge >= 0.3 is 0 Å². The number of rotatable bonds is 6. The van der Waals surface area contributed by atoms with Gasteiger partial charge in [0.25, 0.3) is 0 Å². The van der Waals surface area contributed by atoms with Gasteiger partial charge in [-0.05, 0) is 70.2 Å². The fourth-order valence-electron chi connectivity index (χ4n) is 8.60. The molecule has 0 N–H and O–H groups in total. The van der Waals surface area contributed by atoms with Crippen LogP contribution >= 0.6 is 0 Å². The number of allylic oxidation sites excluding steroid dienone is 3. The summed E-state index contributed by atoms with van der Waals surface area (Å²) in [6, 6.07) is 53.7. The molecule has 45 heavy (non-hydrogen) atoms. The second kappa shape index (κ2) is 11.6. The molecule has 1 heteroatoms. The van der Waals surface area contributed by atoms with Crippen LogP contribution in [0.2, 0.25) is 11.1 Å². The van der Waals surface area contributed by atoms with Crippen LogP contribution in [0.15, 0.2) is 152 Å². The smallest absolute Gasteiger partial charge is 0.0778 e. The minimum atomic E-state index is -2.28. The molecule has 2 aliphatic rings. The molecule has 0 fully saturated rings. The maximum Gasteiger partial charge on any atom is 0.123 e. The molecule has 0 amide bonds. The number of aryl methyl sites for hydroxylation is 1. The SMILES string of the molecule is Cc1ccc2c(c1)C(c1ccccc1)=C[C@@]21CC(c2ccccc2)=C[C@H](C[Si](c2ccccc2)(c2ccccc2)C(C)(C)C)C1. The molecule has 0 aromatic heterocycles. The third-order valence-corrected chi connectivity index (χ3v) is 16.9. The molecule has 0 radical (unpaired) electrons. The van der Waals surface area contributed by atoms with Crippen LogP contribution in [-0.4, -0.2) is 8.07 Å². The summed E-state index contributed by atoms with van der Waals surface area (Å²) in [5, 5.41) is 3.21. The van der Waals surface area contributed by atoms with Gasteiger partial charge in [0.15, 0.2) is 0 Å². The molecular weight excluding hydrogens is 557 g/mol. The van der Waals surface area contributed by atoms with E-state index in [-0.39, 0.29) is 10.5 Å². The topological polar surface area (TPSA) is 0 Å². The van der Waals surface area contributed by atoms with E-state index in [0.29, 0.717) is 5.92 Å². The van der Waals surface area contributed by atoms with E-state index >= 15 is 0 Å². The third kappa shape index (κ3) is 5.28. The Balaban J connectivity index is 1.43. The molecule has 0 bridgehead atoms. The second-order valence-electron chi connectivity index (χ2n) is 14.4. The number of hydrogen-bond donors (Lipinski definition) is 0. The van der Waals surface area contributed by atoms with Crippen LogP contribution in [0.1, 0.15) is 61.4 Å². The van der Waals surface area contributed by atoms with E-state index in [4.69, 9.17) is 0 Å². The first-order valence-corrected chi connectivity index (χ1v) is 18.8. The van der Waals surface area contributed by atoms with Gasteiger partial charge in [-0.1, -0.05) is 188 Å². The highest BCUT2D eigenvalue weighted by Crippen LogP contribution is 2.55. The highest BCUT2D eigenvalue weighted by Gasteiger charge is 2.51. The number of hydrogen-bond acceptors (Lipinski definition) is 0. The monoisotopic (exact) mass is 600 g/mol. The van der Waals surface area contributed by atoms with Gasteiger partial charge < -0.3 is 0 Å². The van der Waals surface area contributed by atoms with Crippen LogP contribution in [0, 0.1) is 12.8 Å². The molecule has 0 aliphatic heterocycles. The molecule has 5 aromatic rings. The summed E-state index contributed by atoms with van der Waals surface area (Å²) >= 11 is 0. The second-order valence-corrected chi connectivity index (χ2v) is 19.3. The van der Waals surface area contributed by atoms with Crippen LogP contribution < -0.4 is 10.4 Å². The zero-order valence-electron chi connectivity index (χ0n) is 27.1. The standard InChI is InChI=1S/C44H44Si/c1-33-25-26-42-40(27-33)41(36-19-11-6-12-20-36)31-44(42)29-34(28-37(30-44)35-17-9-5-10-18-35)32-45(43(2,3)4,38-21-13-7-14-22-38)39-23-15-8-16-24-39/h5-28,31,34H,29-30,32H2,1-4H3/t34-,44+/m0/s1. The van der Waals surface area contributed by atoms with Crippen molar-refractivity contribution in [3.63, 3.8) is 0 Å². The Morgan fingerprint density at radius 1 is 0.667 bits per heavy atom. The van der Waals surface area contributed by atoms with Crippen molar-refractivity contribution in [2.75, 3.05) is 0 Å². The zero-order valence-corrected chi connectivity index (χ0v) is 28.1. The van der Waals surface area contributed by atoms with E-state index in [2.05, 4.69) is 179 Å². The van der Waals surface area contributed by atoms with Crippen molar-refractivity contribution in [2.24, 2.45) is 5.92 Å². The summed E-state index contributed by atoms with van der Waals surface area (Å²) in [7, 11) is -2.28. The molecule has 7 rings (SSSR count). The highest BCUT2D eigenvalue weighted by atomic mass is 28.3. The van der Waals surface area contributed by atoms with E-state index in [1.54, 1.807) is 10.4 Å². The lowest BCUT2D eigenvalue weighted by molar-refractivity contribution is 0.425. The van der Waals surface area contributed by atoms with Gasteiger partial charge in [0, 0.05) is 5.41 Å². The molecule has 0 nitrogen and oxygen atoms in total. The van der Waals surface area contributed by atoms with Gasteiger partial charge in [-0.25, -0.2) is 0 Å². The van der Waals surface area contributed by atoms with Gasteiger partial charge in [0.2, 0.25) is 0 Å². The van der Waals surface area contributed by atoms with Crippen LogP contribution in [0.4, 0.5) is 0 Å². The van der Waals surface area contributed by atoms with E-state index in [1.807, 2.05) is 0 Å². The lowest BCUT2D eigenvalue weighted by Crippen LogP contribution is -2.65. The third-order valence-electron chi connectivity index (χ3n) is 10.6. The maximum absolute atomic E-state index is 2.68.